The van der Waals surface area contributed by atoms with Crippen molar-refractivity contribution in [2.24, 2.45) is 5.73 Å². The van der Waals surface area contributed by atoms with E-state index < -0.39 is 0 Å². The molecule has 0 radical (unpaired) electrons. The summed E-state index contributed by atoms with van der Waals surface area (Å²) < 4.78 is 5.83. The Morgan fingerprint density at radius 1 is 0.810 bits per heavy atom. The molecule has 0 amide bonds. The van der Waals surface area contributed by atoms with Crippen LogP contribution in [0.15, 0.2) is 48.5 Å². The molecule has 0 spiro atoms. The van der Waals surface area contributed by atoms with E-state index in [2.05, 4.69) is 55.5 Å². The second kappa shape index (κ2) is 8.48. The van der Waals surface area contributed by atoms with Gasteiger partial charge in [0, 0.05) is 0 Å². The van der Waals surface area contributed by atoms with Gasteiger partial charge in [-0.2, -0.15) is 0 Å². The van der Waals surface area contributed by atoms with E-state index in [-0.39, 0.29) is 0 Å². The molecule has 0 aliphatic carbocycles. The van der Waals surface area contributed by atoms with Gasteiger partial charge in [0.15, 0.2) is 0 Å². The molecule has 0 atom stereocenters. The van der Waals surface area contributed by atoms with E-state index in [1.165, 1.54) is 29.5 Å². The van der Waals surface area contributed by atoms with E-state index in [9.17, 15) is 0 Å². The lowest BCUT2D eigenvalue weighted by Crippen LogP contribution is -2.03. The predicted octanol–water partition coefficient (Wildman–Crippen LogP) is 4.11. The first-order chi connectivity index (χ1) is 10.3. The maximum Gasteiger partial charge on any atom is 0.119 e. The molecular formula is C19H25NO. The maximum atomic E-state index is 5.83. The summed E-state index contributed by atoms with van der Waals surface area (Å²) in [7, 11) is 0. The predicted molar refractivity (Wildman–Crippen MR) is 88.6 cm³/mol. The highest BCUT2D eigenvalue weighted by Crippen LogP contribution is 2.16. The number of nitrogens with two attached hydrogens (primary N) is 1. The quantitative estimate of drug-likeness (QED) is 0.791. The van der Waals surface area contributed by atoms with E-state index in [0.717, 1.165) is 18.6 Å². The van der Waals surface area contributed by atoms with Crippen molar-refractivity contribution in [1.82, 2.24) is 0 Å². The van der Waals surface area contributed by atoms with Crippen LogP contribution in [0.4, 0.5) is 0 Å². The van der Waals surface area contributed by atoms with Gasteiger partial charge < -0.3 is 10.5 Å². The first-order valence-corrected chi connectivity index (χ1v) is 7.81. The smallest absolute Gasteiger partial charge is 0.119 e. The topological polar surface area (TPSA) is 35.2 Å². The van der Waals surface area contributed by atoms with Crippen molar-refractivity contribution >= 4 is 0 Å². The number of hydrogen-bond donors (Lipinski definition) is 1. The second-order valence-corrected chi connectivity index (χ2v) is 5.39. The number of rotatable bonds is 8. The SMILES string of the molecule is CCCCc1ccc(OCc2ccc(CCN)cc2)cc1. The summed E-state index contributed by atoms with van der Waals surface area (Å²) in [5, 5.41) is 0. The molecule has 0 bridgehead atoms. The van der Waals surface area contributed by atoms with Gasteiger partial charge in [-0.1, -0.05) is 49.7 Å². The van der Waals surface area contributed by atoms with Crippen molar-refractivity contribution in [3.8, 4) is 5.75 Å². The fourth-order valence-electron chi connectivity index (χ4n) is 2.27. The zero-order valence-electron chi connectivity index (χ0n) is 12.8. The molecule has 0 aliphatic heterocycles. The number of benzene rings is 2. The lowest BCUT2D eigenvalue weighted by molar-refractivity contribution is 0.306. The van der Waals surface area contributed by atoms with Crippen LogP contribution in [-0.4, -0.2) is 6.54 Å². The minimum atomic E-state index is 0.608. The molecule has 0 saturated carbocycles. The highest BCUT2D eigenvalue weighted by molar-refractivity contribution is 5.28. The minimum absolute atomic E-state index is 0.608. The highest BCUT2D eigenvalue weighted by Gasteiger charge is 1.98. The van der Waals surface area contributed by atoms with Crippen molar-refractivity contribution < 1.29 is 4.74 Å². The zero-order chi connectivity index (χ0) is 14.9. The Balaban J connectivity index is 1.84. The molecule has 2 aromatic carbocycles. The van der Waals surface area contributed by atoms with Crippen molar-refractivity contribution in [1.29, 1.82) is 0 Å². The third-order valence-corrected chi connectivity index (χ3v) is 3.60. The third kappa shape index (κ3) is 5.24. The molecule has 0 unspecified atom stereocenters. The summed E-state index contributed by atoms with van der Waals surface area (Å²) in [5.41, 5.74) is 9.40. The second-order valence-electron chi connectivity index (χ2n) is 5.39. The molecule has 2 aromatic rings. The number of aryl methyl sites for hydroxylation is 1. The summed E-state index contributed by atoms with van der Waals surface area (Å²) in [6, 6.07) is 16.9. The average Bonchev–Trinajstić information content (AvgIpc) is 2.53. The van der Waals surface area contributed by atoms with Crippen LogP contribution < -0.4 is 10.5 Å². The Labute approximate surface area is 127 Å². The zero-order valence-corrected chi connectivity index (χ0v) is 12.8. The normalized spacial score (nSPS) is 10.6. The summed E-state index contributed by atoms with van der Waals surface area (Å²) in [5.74, 6) is 0.932. The van der Waals surface area contributed by atoms with Crippen LogP contribution in [0.3, 0.4) is 0 Å². The molecule has 0 fully saturated rings. The molecule has 21 heavy (non-hydrogen) atoms. The highest BCUT2D eigenvalue weighted by atomic mass is 16.5. The Kier molecular flexibility index (Phi) is 6.29. The van der Waals surface area contributed by atoms with E-state index in [4.69, 9.17) is 10.5 Å². The van der Waals surface area contributed by atoms with E-state index in [1.54, 1.807) is 0 Å². The van der Waals surface area contributed by atoms with Crippen molar-refractivity contribution in [3.05, 3.63) is 65.2 Å². The Morgan fingerprint density at radius 2 is 1.38 bits per heavy atom. The number of hydrogen-bond acceptors (Lipinski definition) is 2. The van der Waals surface area contributed by atoms with Gasteiger partial charge >= 0.3 is 0 Å². The molecule has 0 aliphatic rings. The standard InChI is InChI=1S/C19H25NO/c1-2-3-4-16-9-11-19(12-10-16)21-15-18-7-5-17(6-8-18)13-14-20/h5-12H,2-4,13-15,20H2,1H3. The molecule has 0 aromatic heterocycles. The molecule has 0 saturated heterocycles. The van der Waals surface area contributed by atoms with Crippen LogP contribution in [-0.2, 0) is 19.4 Å². The van der Waals surface area contributed by atoms with Gasteiger partial charge in [-0.3, -0.25) is 0 Å². The van der Waals surface area contributed by atoms with Gasteiger partial charge in [0.1, 0.15) is 12.4 Å². The van der Waals surface area contributed by atoms with Crippen LogP contribution in [0.25, 0.3) is 0 Å². The lowest BCUT2D eigenvalue weighted by atomic mass is 10.1. The Hall–Kier alpha value is -1.80. The first-order valence-electron chi connectivity index (χ1n) is 7.81. The van der Waals surface area contributed by atoms with Gasteiger partial charge in [0.2, 0.25) is 0 Å². The molecular weight excluding hydrogens is 258 g/mol. The van der Waals surface area contributed by atoms with Gasteiger partial charge in [-0.05, 0) is 54.6 Å². The number of ether oxygens (including phenoxy) is 1. The molecule has 0 heterocycles. The van der Waals surface area contributed by atoms with E-state index >= 15 is 0 Å². The van der Waals surface area contributed by atoms with Crippen LogP contribution in [0.2, 0.25) is 0 Å². The van der Waals surface area contributed by atoms with E-state index in [1.807, 2.05) is 0 Å². The molecule has 2 N–H and O–H groups in total. The fraction of sp³-hybridized carbons (Fsp3) is 0.368. The van der Waals surface area contributed by atoms with Crippen molar-refractivity contribution in [3.63, 3.8) is 0 Å². The molecule has 2 heteroatoms. The summed E-state index contributed by atoms with van der Waals surface area (Å²) in [4.78, 5) is 0. The largest absolute Gasteiger partial charge is 0.489 e. The summed E-state index contributed by atoms with van der Waals surface area (Å²) in [6.45, 7) is 3.52. The summed E-state index contributed by atoms with van der Waals surface area (Å²) in [6.07, 6.45) is 4.56. The molecule has 2 nitrogen and oxygen atoms in total. The average molecular weight is 283 g/mol. The van der Waals surface area contributed by atoms with Gasteiger partial charge in [-0.25, -0.2) is 0 Å². The van der Waals surface area contributed by atoms with Crippen molar-refractivity contribution in [2.75, 3.05) is 6.54 Å². The molecule has 2 rings (SSSR count). The van der Waals surface area contributed by atoms with Gasteiger partial charge in [0.25, 0.3) is 0 Å². The number of unbranched alkanes of at least 4 members (excludes halogenated alkanes) is 1. The Bertz CT molecular complexity index is 516. The van der Waals surface area contributed by atoms with Crippen LogP contribution in [0.5, 0.6) is 5.75 Å². The molecule has 112 valence electrons. The van der Waals surface area contributed by atoms with Crippen LogP contribution in [0, 0.1) is 0 Å². The van der Waals surface area contributed by atoms with Crippen molar-refractivity contribution in [2.45, 2.75) is 39.2 Å². The lowest BCUT2D eigenvalue weighted by Gasteiger charge is -2.08. The third-order valence-electron chi connectivity index (χ3n) is 3.60. The maximum absolute atomic E-state index is 5.83. The first kappa shape index (κ1) is 15.6. The van der Waals surface area contributed by atoms with Gasteiger partial charge in [-0.15, -0.1) is 0 Å². The monoisotopic (exact) mass is 283 g/mol. The van der Waals surface area contributed by atoms with Gasteiger partial charge in [0.05, 0.1) is 0 Å². The van der Waals surface area contributed by atoms with Crippen LogP contribution in [0.1, 0.15) is 36.5 Å². The summed E-state index contributed by atoms with van der Waals surface area (Å²) >= 11 is 0. The minimum Gasteiger partial charge on any atom is -0.489 e. The fourth-order valence-corrected chi connectivity index (χ4v) is 2.27. The van der Waals surface area contributed by atoms with E-state index in [0.29, 0.717) is 13.2 Å². The Morgan fingerprint density at radius 3 is 2.00 bits per heavy atom. The van der Waals surface area contributed by atoms with Crippen LogP contribution >= 0.6 is 0 Å².